The average molecular weight is 400 g/mol. The molecule has 3 aliphatic heterocycles. The van der Waals surface area contributed by atoms with Crippen molar-refractivity contribution in [3.8, 4) is 5.75 Å². The number of ether oxygens (including phenoxy) is 1. The summed E-state index contributed by atoms with van der Waals surface area (Å²) < 4.78 is 6.20. The Morgan fingerprint density at radius 3 is 2.52 bits per heavy atom. The number of aromatic nitrogens is 1. The summed E-state index contributed by atoms with van der Waals surface area (Å²) in [6.45, 7) is 7.68. The minimum Gasteiger partial charge on any atom is -0.486 e. The van der Waals surface area contributed by atoms with Crippen LogP contribution < -0.4 is 4.74 Å². The van der Waals surface area contributed by atoms with Crippen LogP contribution in [0.4, 0.5) is 0 Å². The molecule has 1 N–H and O–H groups in total. The van der Waals surface area contributed by atoms with Gasteiger partial charge < -0.3 is 14.7 Å². The highest BCUT2D eigenvalue weighted by molar-refractivity contribution is 5.87. The molecule has 1 amide bonds. The highest BCUT2D eigenvalue weighted by atomic mass is 16.5. The van der Waals surface area contributed by atoms with E-state index in [1.165, 1.54) is 0 Å². The van der Waals surface area contributed by atoms with Crippen LogP contribution in [0.15, 0.2) is 12.1 Å². The summed E-state index contributed by atoms with van der Waals surface area (Å²) in [6.07, 6.45) is 5.14. The second kappa shape index (κ2) is 7.24. The first kappa shape index (κ1) is 19.3. The molecular formula is C23H33N3O3. The van der Waals surface area contributed by atoms with Crippen molar-refractivity contribution in [3.05, 3.63) is 23.5 Å². The van der Waals surface area contributed by atoms with E-state index in [1.54, 1.807) is 0 Å². The highest BCUT2D eigenvalue weighted by Crippen LogP contribution is 2.44. The lowest BCUT2D eigenvalue weighted by Gasteiger charge is -2.35. The number of rotatable bonds is 3. The molecule has 5 rings (SSSR count). The molecule has 1 aliphatic carbocycles. The van der Waals surface area contributed by atoms with Crippen molar-refractivity contribution in [2.24, 2.45) is 11.8 Å². The molecule has 4 aliphatic rings. The second-order valence-electron chi connectivity index (χ2n) is 9.69. The van der Waals surface area contributed by atoms with Crippen LogP contribution in [0.3, 0.4) is 0 Å². The quantitative estimate of drug-likeness (QED) is 0.845. The number of carbonyl (C=O) groups is 1. The van der Waals surface area contributed by atoms with Gasteiger partial charge in [0.25, 0.3) is 0 Å². The number of nitrogens with zero attached hydrogens (tertiary/aromatic N) is 3. The molecule has 0 radical (unpaired) electrons. The van der Waals surface area contributed by atoms with Gasteiger partial charge in [0.1, 0.15) is 17.4 Å². The zero-order valence-corrected chi connectivity index (χ0v) is 17.6. The molecular weight excluding hydrogens is 366 g/mol. The van der Waals surface area contributed by atoms with Crippen LogP contribution in [0, 0.1) is 25.7 Å². The molecule has 4 fully saturated rings. The van der Waals surface area contributed by atoms with E-state index < -0.39 is 6.10 Å². The van der Waals surface area contributed by atoms with Gasteiger partial charge >= 0.3 is 0 Å². The maximum atomic E-state index is 13.5. The van der Waals surface area contributed by atoms with E-state index in [0.29, 0.717) is 24.2 Å². The van der Waals surface area contributed by atoms with Crippen LogP contribution in [0.2, 0.25) is 0 Å². The Balaban J connectivity index is 1.27. The number of aliphatic hydroxyl groups is 1. The van der Waals surface area contributed by atoms with E-state index in [2.05, 4.69) is 14.8 Å². The third-order valence-corrected chi connectivity index (χ3v) is 7.87. The Hall–Kier alpha value is -1.66. The van der Waals surface area contributed by atoms with E-state index in [9.17, 15) is 9.90 Å². The largest absolute Gasteiger partial charge is 0.486 e. The fraction of sp³-hybridized carbons (Fsp3) is 0.739. The summed E-state index contributed by atoms with van der Waals surface area (Å²) in [7, 11) is 0. The lowest BCUT2D eigenvalue weighted by Crippen LogP contribution is -2.53. The normalized spacial score (nSPS) is 33.6. The zero-order chi connectivity index (χ0) is 20.2. The molecule has 4 heterocycles. The van der Waals surface area contributed by atoms with Gasteiger partial charge in [-0.2, -0.15) is 0 Å². The Kier molecular flexibility index (Phi) is 4.82. The van der Waals surface area contributed by atoms with Gasteiger partial charge in [-0.05, 0) is 89.4 Å². The van der Waals surface area contributed by atoms with Crippen LogP contribution in [-0.4, -0.2) is 69.7 Å². The molecule has 0 unspecified atom stereocenters. The summed E-state index contributed by atoms with van der Waals surface area (Å²) in [6, 6.07) is 3.90. The molecule has 29 heavy (non-hydrogen) atoms. The molecule has 6 heteroatoms. The van der Waals surface area contributed by atoms with E-state index in [-0.39, 0.29) is 11.6 Å². The number of carbonyl (C=O) groups excluding carboxylic acids is 1. The topological polar surface area (TPSA) is 65.9 Å². The third-order valence-electron chi connectivity index (χ3n) is 7.87. The molecule has 0 aromatic carbocycles. The van der Waals surface area contributed by atoms with Crippen molar-refractivity contribution < 1.29 is 14.6 Å². The fourth-order valence-electron chi connectivity index (χ4n) is 6.39. The first-order valence-corrected chi connectivity index (χ1v) is 11.3. The van der Waals surface area contributed by atoms with Crippen molar-refractivity contribution in [2.45, 2.75) is 70.1 Å². The summed E-state index contributed by atoms with van der Waals surface area (Å²) in [5.74, 6) is 1.92. The minimum atomic E-state index is -0.486. The molecule has 1 aromatic heterocycles. The van der Waals surface area contributed by atoms with Gasteiger partial charge in [-0.3, -0.25) is 14.7 Å². The van der Waals surface area contributed by atoms with Crippen LogP contribution >= 0.6 is 0 Å². The fourth-order valence-corrected chi connectivity index (χ4v) is 6.39. The zero-order valence-electron chi connectivity index (χ0n) is 17.6. The Morgan fingerprint density at radius 2 is 1.83 bits per heavy atom. The van der Waals surface area contributed by atoms with Crippen LogP contribution in [0.25, 0.3) is 0 Å². The number of hydrogen-bond donors (Lipinski definition) is 1. The Morgan fingerprint density at radius 1 is 1.14 bits per heavy atom. The smallest absolute Gasteiger partial charge is 0.243 e. The molecule has 158 valence electrons. The molecule has 1 saturated carbocycles. The molecule has 3 saturated heterocycles. The molecule has 4 atom stereocenters. The summed E-state index contributed by atoms with van der Waals surface area (Å²) in [4.78, 5) is 22.5. The van der Waals surface area contributed by atoms with Gasteiger partial charge in [0.15, 0.2) is 0 Å². The van der Waals surface area contributed by atoms with Gasteiger partial charge in [0.05, 0.1) is 11.8 Å². The van der Waals surface area contributed by atoms with Crippen molar-refractivity contribution in [1.82, 2.24) is 14.8 Å². The van der Waals surface area contributed by atoms with E-state index in [0.717, 1.165) is 75.4 Å². The number of likely N-dealkylation sites (tertiary alicyclic amines) is 1. The van der Waals surface area contributed by atoms with E-state index in [4.69, 9.17) is 4.74 Å². The summed E-state index contributed by atoms with van der Waals surface area (Å²) in [5.41, 5.74) is 1.62. The highest BCUT2D eigenvalue weighted by Gasteiger charge is 2.54. The standard InChI is InChI=1S/C23H33N3O3/c1-15-5-6-20(16(2)24-15)29-21-12-18-14-25(13-17(18)11-19(21)27)22(28)23-7-3-9-26(23)10-4-8-23/h5-6,17-19,21,27H,3-4,7-14H2,1-2H3/t17-,18+,19+,21+/m0/s1. The lowest BCUT2D eigenvalue weighted by molar-refractivity contribution is -0.140. The first-order valence-electron chi connectivity index (χ1n) is 11.3. The van der Waals surface area contributed by atoms with Crippen LogP contribution in [0.1, 0.15) is 49.9 Å². The number of pyridine rings is 1. The maximum absolute atomic E-state index is 13.5. The SMILES string of the molecule is Cc1ccc(O[C@@H]2C[C@@H]3CN(C(=O)C45CCCN4CCC5)C[C@@H]3C[C@H]2O)c(C)n1. The van der Waals surface area contributed by atoms with Crippen LogP contribution in [-0.2, 0) is 4.79 Å². The average Bonchev–Trinajstić information content (AvgIpc) is 3.37. The van der Waals surface area contributed by atoms with Gasteiger partial charge in [0.2, 0.25) is 5.91 Å². The summed E-state index contributed by atoms with van der Waals surface area (Å²) >= 11 is 0. The second-order valence-corrected chi connectivity index (χ2v) is 9.69. The van der Waals surface area contributed by atoms with E-state index >= 15 is 0 Å². The van der Waals surface area contributed by atoms with Gasteiger partial charge in [-0.1, -0.05) is 0 Å². The number of amides is 1. The maximum Gasteiger partial charge on any atom is 0.243 e. The van der Waals surface area contributed by atoms with Gasteiger partial charge in [-0.25, -0.2) is 0 Å². The van der Waals surface area contributed by atoms with Crippen molar-refractivity contribution in [3.63, 3.8) is 0 Å². The Bertz CT molecular complexity index is 788. The predicted molar refractivity (Wildman–Crippen MR) is 110 cm³/mol. The monoisotopic (exact) mass is 399 g/mol. The summed E-state index contributed by atoms with van der Waals surface area (Å²) in [5, 5.41) is 10.8. The van der Waals surface area contributed by atoms with Crippen molar-refractivity contribution in [1.29, 1.82) is 0 Å². The Labute approximate surface area is 173 Å². The molecule has 0 bridgehead atoms. The molecule has 0 spiro atoms. The minimum absolute atomic E-state index is 0.216. The predicted octanol–water partition coefficient (Wildman–Crippen LogP) is 2.30. The van der Waals surface area contributed by atoms with Crippen LogP contribution in [0.5, 0.6) is 5.75 Å². The number of aryl methyl sites for hydroxylation is 2. The number of hydrogen-bond acceptors (Lipinski definition) is 5. The van der Waals surface area contributed by atoms with Gasteiger partial charge in [0, 0.05) is 18.8 Å². The number of aliphatic hydroxyl groups excluding tert-OH is 1. The number of fused-ring (bicyclic) bond motifs is 2. The third kappa shape index (κ3) is 3.25. The van der Waals surface area contributed by atoms with Crippen molar-refractivity contribution >= 4 is 5.91 Å². The molecule has 1 aromatic rings. The van der Waals surface area contributed by atoms with Gasteiger partial charge in [-0.15, -0.1) is 0 Å². The molecule has 6 nitrogen and oxygen atoms in total. The van der Waals surface area contributed by atoms with Crippen molar-refractivity contribution in [2.75, 3.05) is 26.2 Å². The van der Waals surface area contributed by atoms with E-state index in [1.807, 2.05) is 26.0 Å². The first-order chi connectivity index (χ1) is 14.0. The lowest BCUT2D eigenvalue weighted by atomic mass is 9.78.